The lowest BCUT2D eigenvalue weighted by atomic mass is 10.2. The van der Waals surface area contributed by atoms with E-state index in [2.05, 4.69) is 26.6 Å². The first kappa shape index (κ1) is 15.1. The third-order valence-electron chi connectivity index (χ3n) is 2.43. The van der Waals surface area contributed by atoms with Crippen LogP contribution >= 0.6 is 15.9 Å². The molecule has 0 aliphatic rings. The Kier molecular flexibility index (Phi) is 7.64. The number of amides is 1. The molecule has 3 N–H and O–H groups in total. The van der Waals surface area contributed by atoms with E-state index in [1.807, 2.05) is 24.3 Å². The van der Waals surface area contributed by atoms with Crippen LogP contribution in [0.4, 0.5) is 5.69 Å². The largest absolute Gasteiger partial charge is 0.396 e. The van der Waals surface area contributed by atoms with Crippen molar-refractivity contribution in [1.29, 1.82) is 0 Å². The summed E-state index contributed by atoms with van der Waals surface area (Å²) in [5.41, 5.74) is 0.797. The maximum atomic E-state index is 11.6. The molecule has 0 atom stereocenters. The highest BCUT2D eigenvalue weighted by atomic mass is 79.9. The Balaban J connectivity index is 2.12. The molecular weight excluding hydrogens is 296 g/mol. The standard InChI is InChI=1S/C13H19BrN2O2/c14-11-4-6-12(7-5-11)16-13(18)10-15-8-2-1-3-9-17/h4-7,15,17H,1-3,8-10H2,(H,16,18). The molecule has 0 unspecified atom stereocenters. The van der Waals surface area contributed by atoms with Gasteiger partial charge in [-0.05, 0) is 50.1 Å². The number of halogens is 1. The Morgan fingerprint density at radius 3 is 2.56 bits per heavy atom. The number of rotatable bonds is 8. The number of hydrogen-bond acceptors (Lipinski definition) is 3. The van der Waals surface area contributed by atoms with E-state index < -0.39 is 0 Å². The predicted molar refractivity (Wildman–Crippen MR) is 76.6 cm³/mol. The molecule has 0 heterocycles. The van der Waals surface area contributed by atoms with E-state index in [1.54, 1.807) is 0 Å². The molecule has 0 aliphatic heterocycles. The van der Waals surface area contributed by atoms with Crippen LogP contribution in [0, 0.1) is 0 Å². The fourth-order valence-corrected chi connectivity index (χ4v) is 1.74. The molecule has 4 nitrogen and oxygen atoms in total. The smallest absolute Gasteiger partial charge is 0.238 e. The Labute approximate surface area is 116 Å². The number of anilines is 1. The van der Waals surface area contributed by atoms with Crippen molar-refractivity contribution >= 4 is 27.5 Å². The summed E-state index contributed by atoms with van der Waals surface area (Å²) in [6.07, 6.45) is 2.79. The number of unbranched alkanes of at least 4 members (excludes halogenated alkanes) is 2. The van der Waals surface area contributed by atoms with Crippen molar-refractivity contribution in [3.63, 3.8) is 0 Å². The first-order chi connectivity index (χ1) is 8.72. The molecule has 100 valence electrons. The SMILES string of the molecule is O=C(CNCCCCCO)Nc1ccc(Br)cc1. The molecule has 1 amide bonds. The summed E-state index contributed by atoms with van der Waals surface area (Å²) in [6, 6.07) is 7.47. The van der Waals surface area contributed by atoms with Crippen LogP contribution in [-0.2, 0) is 4.79 Å². The van der Waals surface area contributed by atoms with Gasteiger partial charge in [-0.1, -0.05) is 15.9 Å². The second kappa shape index (κ2) is 9.08. The fourth-order valence-electron chi connectivity index (χ4n) is 1.48. The van der Waals surface area contributed by atoms with Gasteiger partial charge in [-0.15, -0.1) is 0 Å². The number of carbonyl (C=O) groups excluding carboxylic acids is 1. The predicted octanol–water partition coefficient (Wildman–Crippen LogP) is 2.14. The highest BCUT2D eigenvalue weighted by Gasteiger charge is 2.01. The summed E-state index contributed by atoms with van der Waals surface area (Å²) in [6.45, 7) is 1.35. The molecule has 0 spiro atoms. The monoisotopic (exact) mass is 314 g/mol. The second-order valence-electron chi connectivity index (χ2n) is 4.02. The minimum atomic E-state index is -0.0421. The van der Waals surface area contributed by atoms with Crippen LogP contribution in [0.1, 0.15) is 19.3 Å². The molecule has 5 heteroatoms. The van der Waals surface area contributed by atoms with Crippen molar-refractivity contribution < 1.29 is 9.90 Å². The molecule has 1 aromatic carbocycles. The van der Waals surface area contributed by atoms with Crippen LogP contribution in [0.2, 0.25) is 0 Å². The zero-order valence-corrected chi connectivity index (χ0v) is 11.9. The zero-order chi connectivity index (χ0) is 13.2. The van der Waals surface area contributed by atoms with Crippen LogP contribution in [-0.4, -0.2) is 30.7 Å². The first-order valence-corrected chi connectivity index (χ1v) is 6.88. The maximum Gasteiger partial charge on any atom is 0.238 e. The van der Waals surface area contributed by atoms with Crippen molar-refractivity contribution in [2.45, 2.75) is 19.3 Å². The van der Waals surface area contributed by atoms with Gasteiger partial charge in [-0.25, -0.2) is 0 Å². The number of benzene rings is 1. The van der Waals surface area contributed by atoms with E-state index in [-0.39, 0.29) is 12.5 Å². The average Bonchev–Trinajstić information content (AvgIpc) is 2.36. The van der Waals surface area contributed by atoms with E-state index in [9.17, 15) is 4.79 Å². The molecule has 0 saturated carbocycles. The fraction of sp³-hybridized carbons (Fsp3) is 0.462. The van der Waals surface area contributed by atoms with Gasteiger partial charge in [0.2, 0.25) is 5.91 Å². The van der Waals surface area contributed by atoms with Gasteiger partial charge >= 0.3 is 0 Å². The molecule has 18 heavy (non-hydrogen) atoms. The minimum absolute atomic E-state index is 0.0421. The minimum Gasteiger partial charge on any atom is -0.396 e. The molecule has 0 bridgehead atoms. The molecule has 0 aliphatic carbocycles. The lowest BCUT2D eigenvalue weighted by Crippen LogP contribution is -2.28. The summed E-state index contributed by atoms with van der Waals surface area (Å²) >= 11 is 3.34. The van der Waals surface area contributed by atoms with Gasteiger partial charge in [0.25, 0.3) is 0 Å². The number of nitrogens with one attached hydrogen (secondary N) is 2. The van der Waals surface area contributed by atoms with Crippen molar-refractivity contribution in [3.8, 4) is 0 Å². The molecule has 0 fully saturated rings. The van der Waals surface area contributed by atoms with Gasteiger partial charge in [0.1, 0.15) is 0 Å². The van der Waals surface area contributed by atoms with Crippen LogP contribution < -0.4 is 10.6 Å². The summed E-state index contributed by atoms with van der Waals surface area (Å²) in [5.74, 6) is -0.0421. The quantitative estimate of drug-likeness (QED) is 0.644. The van der Waals surface area contributed by atoms with E-state index in [1.165, 1.54) is 0 Å². The van der Waals surface area contributed by atoms with E-state index >= 15 is 0 Å². The molecule has 0 radical (unpaired) electrons. The Bertz CT molecular complexity index is 355. The lowest BCUT2D eigenvalue weighted by Gasteiger charge is -2.06. The lowest BCUT2D eigenvalue weighted by molar-refractivity contribution is -0.115. The number of aliphatic hydroxyl groups is 1. The normalized spacial score (nSPS) is 10.3. The van der Waals surface area contributed by atoms with Crippen molar-refractivity contribution in [3.05, 3.63) is 28.7 Å². The van der Waals surface area contributed by atoms with Crippen molar-refractivity contribution in [1.82, 2.24) is 5.32 Å². The van der Waals surface area contributed by atoms with Gasteiger partial charge < -0.3 is 15.7 Å². The topological polar surface area (TPSA) is 61.4 Å². The molecular formula is C13H19BrN2O2. The highest BCUT2D eigenvalue weighted by Crippen LogP contribution is 2.13. The van der Waals surface area contributed by atoms with Crippen molar-refractivity contribution in [2.24, 2.45) is 0 Å². The first-order valence-electron chi connectivity index (χ1n) is 6.09. The summed E-state index contributed by atoms with van der Waals surface area (Å²) in [5, 5.41) is 14.5. The van der Waals surface area contributed by atoms with Gasteiger partial charge in [0, 0.05) is 16.8 Å². The van der Waals surface area contributed by atoms with Gasteiger partial charge in [-0.2, -0.15) is 0 Å². The van der Waals surface area contributed by atoms with Gasteiger partial charge in [-0.3, -0.25) is 4.79 Å². The Morgan fingerprint density at radius 1 is 1.17 bits per heavy atom. The van der Waals surface area contributed by atoms with Crippen molar-refractivity contribution in [2.75, 3.05) is 25.0 Å². The van der Waals surface area contributed by atoms with E-state index in [0.29, 0.717) is 6.54 Å². The van der Waals surface area contributed by atoms with E-state index in [4.69, 9.17) is 5.11 Å². The summed E-state index contributed by atoms with van der Waals surface area (Å²) < 4.78 is 0.988. The third kappa shape index (κ3) is 6.74. The van der Waals surface area contributed by atoms with E-state index in [0.717, 1.165) is 36.0 Å². The molecule has 1 rings (SSSR count). The number of carbonyl (C=O) groups is 1. The summed E-state index contributed by atoms with van der Waals surface area (Å²) in [7, 11) is 0. The molecule has 1 aromatic rings. The zero-order valence-electron chi connectivity index (χ0n) is 10.3. The van der Waals surface area contributed by atoms with Crippen LogP contribution in [0.5, 0.6) is 0 Å². The molecule has 0 saturated heterocycles. The molecule has 0 aromatic heterocycles. The third-order valence-corrected chi connectivity index (χ3v) is 2.95. The number of hydrogen-bond donors (Lipinski definition) is 3. The highest BCUT2D eigenvalue weighted by molar-refractivity contribution is 9.10. The van der Waals surface area contributed by atoms with Crippen LogP contribution in [0.15, 0.2) is 28.7 Å². The number of aliphatic hydroxyl groups excluding tert-OH is 1. The average molecular weight is 315 g/mol. The van der Waals surface area contributed by atoms with Crippen LogP contribution in [0.3, 0.4) is 0 Å². The second-order valence-corrected chi connectivity index (χ2v) is 4.93. The van der Waals surface area contributed by atoms with Gasteiger partial charge in [0.05, 0.1) is 6.54 Å². The maximum absolute atomic E-state index is 11.6. The Hall–Kier alpha value is -0.910. The Morgan fingerprint density at radius 2 is 1.89 bits per heavy atom. The van der Waals surface area contributed by atoms with Gasteiger partial charge in [0.15, 0.2) is 0 Å². The summed E-state index contributed by atoms with van der Waals surface area (Å²) in [4.78, 5) is 11.6. The van der Waals surface area contributed by atoms with Crippen LogP contribution in [0.25, 0.3) is 0 Å².